The minimum absolute atomic E-state index is 0.0178. The lowest BCUT2D eigenvalue weighted by molar-refractivity contribution is -0.127. The molecule has 3 N–H and O–H groups in total. The van der Waals surface area contributed by atoms with Crippen molar-refractivity contribution < 1.29 is 4.79 Å². The maximum absolute atomic E-state index is 12.4. The molecule has 1 aliphatic carbocycles. The highest BCUT2D eigenvalue weighted by atomic mass is 16.2. The van der Waals surface area contributed by atoms with Gasteiger partial charge in [0.25, 0.3) is 0 Å². The van der Waals surface area contributed by atoms with E-state index in [1.165, 1.54) is 0 Å². The number of carbonyl (C=O) groups excluding carboxylic acids is 1. The molecule has 0 aliphatic heterocycles. The summed E-state index contributed by atoms with van der Waals surface area (Å²) in [6, 6.07) is 3.68. The molecule has 0 bridgehead atoms. The Morgan fingerprint density at radius 1 is 1.47 bits per heavy atom. The van der Waals surface area contributed by atoms with Crippen molar-refractivity contribution in [3.63, 3.8) is 0 Å². The third-order valence-electron chi connectivity index (χ3n) is 4.64. The number of nitrogens with two attached hydrogens (primary N) is 1. The number of anilines is 1. The van der Waals surface area contributed by atoms with E-state index < -0.39 is 0 Å². The quantitative estimate of drug-likeness (QED) is 0.851. The van der Waals surface area contributed by atoms with E-state index in [1.807, 2.05) is 0 Å². The number of nitrogens with zero attached hydrogens (tertiary/aromatic N) is 2. The third kappa shape index (κ3) is 2.76. The zero-order chi connectivity index (χ0) is 14.0. The van der Waals surface area contributed by atoms with E-state index in [-0.39, 0.29) is 23.3 Å². The van der Waals surface area contributed by atoms with Crippen LogP contribution in [0.5, 0.6) is 0 Å². The van der Waals surface area contributed by atoms with Gasteiger partial charge in [-0.2, -0.15) is 5.10 Å². The van der Waals surface area contributed by atoms with Crippen molar-refractivity contribution in [3.8, 4) is 0 Å². The average Bonchev–Trinajstić information content (AvgIpc) is 2.37. The second-order valence-electron chi connectivity index (χ2n) is 6.00. The number of amides is 1. The molecule has 5 heteroatoms. The Hall–Kier alpha value is -1.49. The highest BCUT2D eigenvalue weighted by molar-refractivity contribution is 5.92. The molecule has 1 saturated carbocycles. The summed E-state index contributed by atoms with van der Waals surface area (Å²) in [5, 5.41) is 10.5. The molecule has 1 aromatic heterocycles. The summed E-state index contributed by atoms with van der Waals surface area (Å²) in [6.45, 7) is 6.38. The Kier molecular flexibility index (Phi) is 3.85. The first-order valence-electron chi connectivity index (χ1n) is 6.77. The van der Waals surface area contributed by atoms with Gasteiger partial charge >= 0.3 is 0 Å². The number of aromatic nitrogens is 2. The average molecular weight is 262 g/mol. The summed E-state index contributed by atoms with van der Waals surface area (Å²) in [6.07, 6.45) is 3.30. The number of nitrogens with one attached hydrogen (secondary N) is 1. The van der Waals surface area contributed by atoms with Crippen LogP contribution in [0.4, 0.5) is 5.82 Å². The Morgan fingerprint density at radius 3 is 2.84 bits per heavy atom. The molecule has 104 valence electrons. The van der Waals surface area contributed by atoms with E-state index in [0.29, 0.717) is 11.7 Å². The molecule has 1 fully saturated rings. The molecule has 1 aliphatic rings. The molecule has 0 spiro atoms. The van der Waals surface area contributed by atoms with Crippen molar-refractivity contribution in [1.29, 1.82) is 0 Å². The molecule has 19 heavy (non-hydrogen) atoms. The van der Waals surface area contributed by atoms with Crippen LogP contribution in [0.25, 0.3) is 0 Å². The predicted octanol–water partition coefficient (Wildman–Crippen LogP) is 1.81. The summed E-state index contributed by atoms with van der Waals surface area (Å²) < 4.78 is 0. The first-order chi connectivity index (χ1) is 8.93. The Morgan fingerprint density at radius 2 is 2.21 bits per heavy atom. The van der Waals surface area contributed by atoms with Crippen molar-refractivity contribution in [3.05, 3.63) is 18.3 Å². The smallest absolute Gasteiger partial charge is 0.229 e. The largest absolute Gasteiger partial charge is 0.327 e. The second kappa shape index (κ2) is 5.25. The molecule has 0 saturated heterocycles. The van der Waals surface area contributed by atoms with Crippen LogP contribution in [0.15, 0.2) is 18.3 Å². The maximum atomic E-state index is 12.4. The van der Waals surface area contributed by atoms with Crippen molar-refractivity contribution in [2.24, 2.45) is 23.0 Å². The van der Waals surface area contributed by atoms with E-state index in [4.69, 9.17) is 5.73 Å². The number of rotatable bonds is 2. The molecule has 0 aromatic carbocycles. The molecule has 1 aromatic rings. The van der Waals surface area contributed by atoms with Gasteiger partial charge in [0.2, 0.25) is 5.91 Å². The van der Waals surface area contributed by atoms with Gasteiger partial charge in [0.1, 0.15) is 0 Å². The SMILES string of the molecule is CC1C(N)CCC(C(=O)Nc2cccnn2)C1(C)C. The van der Waals surface area contributed by atoms with Crippen LogP contribution in [0, 0.1) is 17.3 Å². The number of hydrogen-bond acceptors (Lipinski definition) is 4. The molecule has 5 nitrogen and oxygen atoms in total. The normalized spacial score (nSPS) is 29.8. The van der Waals surface area contributed by atoms with Gasteiger partial charge < -0.3 is 11.1 Å². The molecular formula is C14H22N4O. The number of hydrogen-bond donors (Lipinski definition) is 2. The van der Waals surface area contributed by atoms with Crippen molar-refractivity contribution in [1.82, 2.24) is 10.2 Å². The van der Waals surface area contributed by atoms with Crippen molar-refractivity contribution >= 4 is 11.7 Å². The summed E-state index contributed by atoms with van der Waals surface area (Å²) >= 11 is 0. The minimum atomic E-state index is -0.107. The molecule has 2 rings (SSSR count). The fourth-order valence-electron chi connectivity index (χ4n) is 2.90. The van der Waals surface area contributed by atoms with Gasteiger partial charge in [0.15, 0.2) is 5.82 Å². The van der Waals surface area contributed by atoms with Crippen LogP contribution < -0.4 is 11.1 Å². The predicted molar refractivity (Wildman–Crippen MR) is 74.3 cm³/mol. The standard InChI is InChI=1S/C14H22N4O/c1-9-11(15)7-6-10(14(9,2)3)13(19)17-12-5-4-8-16-18-12/h4-5,8-11H,6-7,15H2,1-3H3,(H,17,18,19). The van der Waals surface area contributed by atoms with Crippen LogP contribution in [0.3, 0.4) is 0 Å². The lowest BCUT2D eigenvalue weighted by Gasteiger charge is -2.45. The van der Waals surface area contributed by atoms with Gasteiger partial charge in [-0.1, -0.05) is 20.8 Å². The molecule has 1 heterocycles. The summed E-state index contributed by atoms with van der Waals surface area (Å²) in [4.78, 5) is 12.4. The topological polar surface area (TPSA) is 80.9 Å². The van der Waals surface area contributed by atoms with Crippen molar-refractivity contribution in [2.45, 2.75) is 39.7 Å². The van der Waals surface area contributed by atoms with E-state index in [2.05, 4.69) is 36.3 Å². The maximum Gasteiger partial charge on any atom is 0.229 e. The Bertz CT molecular complexity index is 446. The lowest BCUT2D eigenvalue weighted by Crippen LogP contribution is -2.50. The first kappa shape index (κ1) is 13.9. The summed E-state index contributed by atoms with van der Waals surface area (Å²) in [7, 11) is 0. The first-order valence-corrected chi connectivity index (χ1v) is 6.77. The zero-order valence-electron chi connectivity index (χ0n) is 11.8. The molecule has 3 unspecified atom stereocenters. The fourth-order valence-corrected chi connectivity index (χ4v) is 2.90. The highest BCUT2D eigenvalue weighted by Gasteiger charge is 2.45. The summed E-state index contributed by atoms with van der Waals surface area (Å²) in [5.41, 5.74) is 6.01. The molecule has 3 atom stereocenters. The second-order valence-corrected chi connectivity index (χ2v) is 6.00. The van der Waals surface area contributed by atoms with Crippen LogP contribution >= 0.6 is 0 Å². The molecule has 0 radical (unpaired) electrons. The van der Waals surface area contributed by atoms with Gasteiger partial charge in [-0.15, -0.1) is 5.10 Å². The van der Waals surface area contributed by atoms with Crippen molar-refractivity contribution in [2.75, 3.05) is 5.32 Å². The molecular weight excluding hydrogens is 240 g/mol. The van der Waals surface area contributed by atoms with Gasteiger partial charge in [-0.3, -0.25) is 4.79 Å². The Labute approximate surface area is 114 Å². The van der Waals surface area contributed by atoms with E-state index in [0.717, 1.165) is 12.8 Å². The third-order valence-corrected chi connectivity index (χ3v) is 4.64. The van der Waals surface area contributed by atoms with Crippen LogP contribution in [0.2, 0.25) is 0 Å². The molecule has 1 amide bonds. The van der Waals surface area contributed by atoms with Gasteiger partial charge in [-0.25, -0.2) is 0 Å². The Balaban J connectivity index is 2.11. The summed E-state index contributed by atoms with van der Waals surface area (Å²) in [5.74, 6) is 0.804. The van der Waals surface area contributed by atoms with E-state index in [1.54, 1.807) is 18.3 Å². The highest BCUT2D eigenvalue weighted by Crippen LogP contribution is 2.44. The zero-order valence-corrected chi connectivity index (χ0v) is 11.8. The minimum Gasteiger partial charge on any atom is -0.327 e. The van der Waals surface area contributed by atoms with Crippen LogP contribution in [0.1, 0.15) is 33.6 Å². The van der Waals surface area contributed by atoms with E-state index in [9.17, 15) is 4.79 Å². The van der Waals surface area contributed by atoms with E-state index >= 15 is 0 Å². The van der Waals surface area contributed by atoms with Crippen LogP contribution in [-0.2, 0) is 4.79 Å². The monoisotopic (exact) mass is 262 g/mol. The van der Waals surface area contributed by atoms with Gasteiger partial charge in [0, 0.05) is 18.2 Å². The number of carbonyl (C=O) groups is 1. The lowest BCUT2D eigenvalue weighted by atomic mass is 9.61. The van der Waals surface area contributed by atoms with Gasteiger partial charge in [-0.05, 0) is 36.3 Å². The van der Waals surface area contributed by atoms with Crippen LogP contribution in [-0.4, -0.2) is 22.1 Å². The van der Waals surface area contributed by atoms with Gasteiger partial charge in [0.05, 0.1) is 0 Å². The fraction of sp³-hybridized carbons (Fsp3) is 0.643.